The quantitative estimate of drug-likeness (QED) is 0.871. The van der Waals surface area contributed by atoms with Gasteiger partial charge in [-0.1, -0.05) is 6.07 Å². The van der Waals surface area contributed by atoms with Gasteiger partial charge in [-0.25, -0.2) is 0 Å². The second-order valence-corrected chi connectivity index (χ2v) is 4.38. The number of alkyl halides is 3. The van der Waals surface area contributed by atoms with Crippen LogP contribution in [0.2, 0.25) is 0 Å². The summed E-state index contributed by atoms with van der Waals surface area (Å²) < 4.78 is 49.1. The summed E-state index contributed by atoms with van der Waals surface area (Å²) in [6.07, 6.45) is -4.46. The fourth-order valence-electron chi connectivity index (χ4n) is 1.82. The van der Waals surface area contributed by atoms with Crippen LogP contribution in [0.4, 0.5) is 18.9 Å². The molecule has 0 saturated carbocycles. The Kier molecular flexibility index (Phi) is 4.26. The summed E-state index contributed by atoms with van der Waals surface area (Å²) in [7, 11) is 1.53. The first kappa shape index (κ1) is 15.0. The Morgan fingerprint density at radius 2 is 1.62 bits per heavy atom. The number of benzene rings is 2. The van der Waals surface area contributed by atoms with Gasteiger partial charge in [-0.2, -0.15) is 13.2 Å². The molecule has 2 rings (SSSR count). The van der Waals surface area contributed by atoms with Gasteiger partial charge in [0.2, 0.25) is 0 Å². The molecule has 0 saturated heterocycles. The summed E-state index contributed by atoms with van der Waals surface area (Å²) in [4.78, 5) is 0. The molecule has 0 radical (unpaired) electrons. The van der Waals surface area contributed by atoms with Crippen LogP contribution in [0.15, 0.2) is 42.5 Å². The van der Waals surface area contributed by atoms with Gasteiger partial charge >= 0.3 is 6.18 Å². The van der Waals surface area contributed by atoms with Crippen LogP contribution in [0, 0.1) is 0 Å². The fraction of sp³-hybridized carbons (Fsp3) is 0.200. The van der Waals surface area contributed by atoms with E-state index in [2.05, 4.69) is 0 Å². The Balaban J connectivity index is 2.15. The molecule has 0 amide bonds. The van der Waals surface area contributed by atoms with E-state index in [0.29, 0.717) is 11.5 Å². The second kappa shape index (κ2) is 5.95. The van der Waals surface area contributed by atoms with E-state index in [1.165, 1.54) is 19.2 Å². The van der Waals surface area contributed by atoms with Gasteiger partial charge in [0.25, 0.3) is 0 Å². The minimum atomic E-state index is -4.46. The summed E-state index contributed by atoms with van der Waals surface area (Å²) in [6.45, 7) is -0.193. The molecule has 21 heavy (non-hydrogen) atoms. The van der Waals surface area contributed by atoms with E-state index in [0.717, 1.165) is 6.07 Å². The monoisotopic (exact) mass is 297 g/mol. The third-order valence-electron chi connectivity index (χ3n) is 2.89. The van der Waals surface area contributed by atoms with Crippen LogP contribution in [0.25, 0.3) is 0 Å². The lowest BCUT2D eigenvalue weighted by Crippen LogP contribution is -2.11. The smallest absolute Gasteiger partial charge is 0.416 e. The Labute approximate surface area is 120 Å². The Bertz CT molecular complexity index is 609. The number of nitrogens with two attached hydrogens (primary N) is 1. The largest absolute Gasteiger partial charge is 0.497 e. The van der Waals surface area contributed by atoms with Crippen molar-refractivity contribution in [3.63, 3.8) is 0 Å². The zero-order chi connectivity index (χ0) is 15.5. The van der Waals surface area contributed by atoms with Crippen molar-refractivity contribution in [3.8, 4) is 11.5 Å². The molecule has 0 aliphatic carbocycles. The minimum Gasteiger partial charge on any atom is -0.497 e. The molecule has 0 fully saturated rings. The van der Waals surface area contributed by atoms with E-state index in [1.54, 1.807) is 24.3 Å². The maximum atomic E-state index is 12.9. The number of ether oxygens (including phenoxy) is 2. The molecular formula is C15H14F3NO2. The standard InChI is InChI=1S/C15H14F3NO2/c1-20-12-4-6-13(7-5-12)21-9-10-2-3-11(19)8-14(10)15(16,17)18/h2-8H,9,19H2,1H3. The van der Waals surface area contributed by atoms with E-state index in [4.69, 9.17) is 15.2 Å². The van der Waals surface area contributed by atoms with Crippen LogP contribution >= 0.6 is 0 Å². The number of halogens is 3. The van der Waals surface area contributed by atoms with Crippen molar-refractivity contribution >= 4 is 5.69 Å². The Morgan fingerprint density at radius 1 is 1.00 bits per heavy atom. The Morgan fingerprint density at radius 3 is 2.19 bits per heavy atom. The number of anilines is 1. The van der Waals surface area contributed by atoms with Crippen LogP contribution < -0.4 is 15.2 Å². The molecule has 2 N–H and O–H groups in total. The zero-order valence-corrected chi connectivity index (χ0v) is 11.3. The molecular weight excluding hydrogens is 283 g/mol. The van der Waals surface area contributed by atoms with E-state index in [1.807, 2.05) is 0 Å². The molecule has 0 aliphatic heterocycles. The average molecular weight is 297 g/mol. The van der Waals surface area contributed by atoms with Crippen molar-refractivity contribution in [3.05, 3.63) is 53.6 Å². The lowest BCUT2D eigenvalue weighted by molar-refractivity contribution is -0.138. The van der Waals surface area contributed by atoms with Gasteiger partial charge in [-0.15, -0.1) is 0 Å². The Hall–Kier alpha value is -2.37. The highest BCUT2D eigenvalue weighted by Gasteiger charge is 2.33. The lowest BCUT2D eigenvalue weighted by Gasteiger charge is -2.14. The van der Waals surface area contributed by atoms with Crippen LogP contribution in [0.1, 0.15) is 11.1 Å². The van der Waals surface area contributed by atoms with Gasteiger partial charge < -0.3 is 15.2 Å². The molecule has 0 spiro atoms. The number of nitrogen functional groups attached to an aromatic ring is 1. The second-order valence-electron chi connectivity index (χ2n) is 4.38. The molecule has 112 valence electrons. The zero-order valence-electron chi connectivity index (χ0n) is 11.3. The highest BCUT2D eigenvalue weighted by molar-refractivity contribution is 5.46. The van der Waals surface area contributed by atoms with Gasteiger partial charge in [0, 0.05) is 11.3 Å². The first-order chi connectivity index (χ1) is 9.90. The summed E-state index contributed by atoms with van der Waals surface area (Å²) in [5.41, 5.74) is 4.73. The first-order valence-corrected chi connectivity index (χ1v) is 6.12. The predicted molar refractivity (Wildman–Crippen MR) is 73.2 cm³/mol. The van der Waals surface area contributed by atoms with Gasteiger partial charge in [0.15, 0.2) is 0 Å². The number of hydrogen-bond donors (Lipinski definition) is 1. The van der Waals surface area contributed by atoms with Crippen molar-refractivity contribution in [1.29, 1.82) is 0 Å². The molecule has 0 unspecified atom stereocenters. The van der Waals surface area contributed by atoms with Crippen molar-refractivity contribution in [1.82, 2.24) is 0 Å². The molecule has 6 heteroatoms. The molecule has 0 atom stereocenters. The van der Waals surface area contributed by atoms with E-state index >= 15 is 0 Å². The molecule has 2 aromatic rings. The maximum Gasteiger partial charge on any atom is 0.416 e. The molecule has 2 aromatic carbocycles. The molecule has 0 bridgehead atoms. The van der Waals surface area contributed by atoms with Crippen molar-refractivity contribution < 1.29 is 22.6 Å². The summed E-state index contributed by atoms with van der Waals surface area (Å²) in [6, 6.07) is 10.2. The number of methoxy groups -OCH3 is 1. The van der Waals surface area contributed by atoms with Crippen molar-refractivity contribution in [2.75, 3.05) is 12.8 Å². The molecule has 3 nitrogen and oxygen atoms in total. The van der Waals surface area contributed by atoms with Gasteiger partial charge in [-0.05, 0) is 36.4 Å². The SMILES string of the molecule is COc1ccc(OCc2ccc(N)cc2C(F)(F)F)cc1. The third kappa shape index (κ3) is 3.81. The average Bonchev–Trinajstić information content (AvgIpc) is 2.45. The van der Waals surface area contributed by atoms with Gasteiger partial charge in [0.05, 0.1) is 12.7 Å². The highest BCUT2D eigenvalue weighted by Crippen LogP contribution is 2.33. The van der Waals surface area contributed by atoms with E-state index in [9.17, 15) is 13.2 Å². The fourth-order valence-corrected chi connectivity index (χ4v) is 1.82. The predicted octanol–water partition coefficient (Wildman–Crippen LogP) is 3.88. The lowest BCUT2D eigenvalue weighted by atomic mass is 10.1. The molecule has 0 aromatic heterocycles. The minimum absolute atomic E-state index is 0.0347. The normalized spacial score (nSPS) is 11.2. The van der Waals surface area contributed by atoms with E-state index < -0.39 is 11.7 Å². The highest BCUT2D eigenvalue weighted by atomic mass is 19.4. The van der Waals surface area contributed by atoms with Gasteiger partial charge in [-0.3, -0.25) is 0 Å². The third-order valence-corrected chi connectivity index (χ3v) is 2.89. The summed E-state index contributed by atoms with van der Waals surface area (Å²) >= 11 is 0. The van der Waals surface area contributed by atoms with E-state index in [-0.39, 0.29) is 17.9 Å². The van der Waals surface area contributed by atoms with Crippen LogP contribution in [0.5, 0.6) is 11.5 Å². The van der Waals surface area contributed by atoms with Crippen LogP contribution in [0.3, 0.4) is 0 Å². The molecule has 0 aliphatic rings. The first-order valence-electron chi connectivity index (χ1n) is 6.12. The summed E-state index contributed by atoms with van der Waals surface area (Å²) in [5, 5.41) is 0. The topological polar surface area (TPSA) is 44.5 Å². The van der Waals surface area contributed by atoms with Crippen LogP contribution in [-0.4, -0.2) is 7.11 Å². The molecule has 0 heterocycles. The van der Waals surface area contributed by atoms with Gasteiger partial charge in [0.1, 0.15) is 18.1 Å². The van der Waals surface area contributed by atoms with Crippen molar-refractivity contribution in [2.45, 2.75) is 12.8 Å². The summed E-state index contributed by atoms with van der Waals surface area (Å²) in [5.74, 6) is 1.10. The van der Waals surface area contributed by atoms with Crippen molar-refractivity contribution in [2.24, 2.45) is 0 Å². The maximum absolute atomic E-state index is 12.9. The van der Waals surface area contributed by atoms with Crippen LogP contribution in [-0.2, 0) is 12.8 Å². The number of rotatable bonds is 4. The number of hydrogen-bond acceptors (Lipinski definition) is 3.